The largest absolute Gasteiger partial charge is 0.287 e. The average Bonchev–Trinajstić information content (AvgIpc) is 2.99. The molecule has 1 aliphatic carbocycles. The van der Waals surface area contributed by atoms with Gasteiger partial charge in [0.2, 0.25) is 5.92 Å². The summed E-state index contributed by atoms with van der Waals surface area (Å²) in [4.78, 5) is 4.45. The van der Waals surface area contributed by atoms with Crippen molar-refractivity contribution >= 4 is 10.9 Å². The predicted molar refractivity (Wildman–Crippen MR) is 104 cm³/mol. The number of alkyl halides is 2. The van der Waals surface area contributed by atoms with E-state index in [0.29, 0.717) is 11.9 Å². The number of halogens is 2. The Labute approximate surface area is 160 Å². The Morgan fingerprint density at radius 2 is 1.96 bits per heavy atom. The summed E-state index contributed by atoms with van der Waals surface area (Å²) in [5, 5.41) is 0.945. The third-order valence-corrected chi connectivity index (χ3v) is 5.87. The van der Waals surface area contributed by atoms with Crippen LogP contribution in [0.2, 0.25) is 0 Å². The lowest BCUT2D eigenvalue weighted by Gasteiger charge is -2.14. The van der Waals surface area contributed by atoms with Gasteiger partial charge in [0.25, 0.3) is 6.30 Å². The lowest BCUT2D eigenvalue weighted by Crippen LogP contribution is -2.32. The van der Waals surface area contributed by atoms with Crippen LogP contribution in [0, 0.1) is 20.8 Å². The molecule has 0 radical (unpaired) electrons. The first-order chi connectivity index (χ1) is 13.2. The highest BCUT2D eigenvalue weighted by molar-refractivity contribution is 5.92. The lowest BCUT2D eigenvalue weighted by molar-refractivity contribution is -0.662. The van der Waals surface area contributed by atoms with E-state index in [1.54, 1.807) is 4.57 Å². The molecule has 140 valence electrons. The molecule has 0 spiro atoms. The summed E-state index contributed by atoms with van der Waals surface area (Å²) in [7, 11) is 1.85. The normalized spacial score (nSPS) is 19.5. The van der Waals surface area contributed by atoms with Gasteiger partial charge in [0.15, 0.2) is 6.89 Å². The fraction of sp³-hybridized carbons (Fsp3) is 0.391. The van der Waals surface area contributed by atoms with Gasteiger partial charge in [-0.2, -0.15) is 0 Å². The third-order valence-electron chi connectivity index (χ3n) is 5.87. The van der Waals surface area contributed by atoms with E-state index in [1.807, 2.05) is 25.2 Å². The molecule has 1 heterocycles. The van der Waals surface area contributed by atoms with Crippen LogP contribution in [0.4, 0.5) is 8.78 Å². The maximum atomic E-state index is 13.7. The second-order valence-electron chi connectivity index (χ2n) is 7.95. The summed E-state index contributed by atoms with van der Waals surface area (Å²) < 4.78 is 37.5. The molecule has 1 fully saturated rings. The van der Waals surface area contributed by atoms with Gasteiger partial charge >= 0.3 is 0 Å². The van der Waals surface area contributed by atoms with Crippen molar-refractivity contribution in [1.82, 2.24) is 4.98 Å². The molecule has 1 atom stereocenters. The molecule has 1 aliphatic rings. The number of benzene rings is 2. The van der Waals surface area contributed by atoms with Crippen LogP contribution in [-0.2, 0) is 7.05 Å². The van der Waals surface area contributed by atoms with Crippen molar-refractivity contribution in [2.24, 2.45) is 7.05 Å². The highest BCUT2D eigenvalue weighted by atomic mass is 19.3. The molecule has 1 aromatic heterocycles. The number of rotatable bonds is 2. The monoisotopic (exact) mass is 368 g/mol. The van der Waals surface area contributed by atoms with E-state index in [2.05, 4.69) is 37.9 Å². The Morgan fingerprint density at radius 1 is 1.19 bits per heavy atom. The van der Waals surface area contributed by atoms with Crippen LogP contribution in [0.5, 0.6) is 0 Å². The number of aromatic nitrogens is 2. The Hall–Kier alpha value is -2.36. The summed E-state index contributed by atoms with van der Waals surface area (Å²) in [5.74, 6) is -2.71. The fourth-order valence-corrected chi connectivity index (χ4v) is 4.30. The number of fused-ring (bicyclic) bond motifs is 1. The van der Waals surface area contributed by atoms with Crippen molar-refractivity contribution in [1.29, 1.82) is 0 Å². The first-order valence-corrected chi connectivity index (χ1v) is 9.42. The Kier molecular flexibility index (Phi) is 3.96. The molecule has 0 saturated heterocycles. The maximum absolute atomic E-state index is 13.7. The van der Waals surface area contributed by atoms with Gasteiger partial charge in [-0.15, -0.1) is 0 Å². The zero-order valence-corrected chi connectivity index (χ0v) is 16.2. The van der Waals surface area contributed by atoms with Crippen molar-refractivity contribution in [3.8, 4) is 11.3 Å². The standard InChI is InChI=1S/C23H25F2N2/c1-14-9-15(2)16(3)20(10-14)22-19-6-5-17(11-21(19)26-13-27(22)4)18-7-8-23(24,25)12-18/h5-6,9-11,13,18H,7-8,12H2,1-4H3/q+1/i13D. The molecule has 4 heteroatoms. The molecule has 3 aromatic rings. The van der Waals surface area contributed by atoms with Crippen molar-refractivity contribution in [2.45, 2.75) is 51.9 Å². The molecule has 0 amide bonds. The Balaban J connectivity index is 1.92. The zero-order valence-electron chi connectivity index (χ0n) is 17.2. The van der Waals surface area contributed by atoms with E-state index in [-0.39, 0.29) is 25.1 Å². The van der Waals surface area contributed by atoms with E-state index in [9.17, 15) is 8.78 Å². The zero-order chi connectivity index (χ0) is 20.2. The van der Waals surface area contributed by atoms with Gasteiger partial charge in [0, 0.05) is 18.4 Å². The SMILES string of the molecule is [2H]c1nc2cc(C3CCC(F)(F)C3)ccc2c(-c2cc(C)cc(C)c2C)[n+]1C. The highest BCUT2D eigenvalue weighted by Gasteiger charge is 2.40. The van der Waals surface area contributed by atoms with E-state index in [1.165, 1.54) is 16.7 Å². The highest BCUT2D eigenvalue weighted by Crippen LogP contribution is 2.44. The molecule has 0 N–H and O–H groups in total. The van der Waals surface area contributed by atoms with Gasteiger partial charge in [-0.25, -0.2) is 13.3 Å². The summed E-state index contributed by atoms with van der Waals surface area (Å²) in [6, 6.07) is 10.1. The smallest absolute Gasteiger partial charge is 0.232 e. The van der Waals surface area contributed by atoms with Crippen LogP contribution in [0.25, 0.3) is 22.2 Å². The summed E-state index contributed by atoms with van der Waals surface area (Å²) in [6.07, 6.45) is 0.505. The summed E-state index contributed by atoms with van der Waals surface area (Å²) >= 11 is 0. The number of hydrogen-bond acceptors (Lipinski definition) is 1. The van der Waals surface area contributed by atoms with Gasteiger partial charge in [-0.05, 0) is 73.0 Å². The first-order valence-electron chi connectivity index (χ1n) is 9.92. The molecule has 0 aliphatic heterocycles. The van der Waals surface area contributed by atoms with Crippen LogP contribution in [0.15, 0.2) is 36.6 Å². The average molecular weight is 368 g/mol. The number of aryl methyl sites for hydroxylation is 2. The number of nitrogens with zero attached hydrogens (tertiary/aromatic N) is 2. The quantitative estimate of drug-likeness (QED) is 0.542. The van der Waals surface area contributed by atoms with Crippen LogP contribution < -0.4 is 4.57 Å². The lowest BCUT2D eigenvalue weighted by atomic mass is 9.93. The minimum absolute atomic E-state index is 0.0520. The second-order valence-corrected chi connectivity index (χ2v) is 7.95. The topological polar surface area (TPSA) is 16.8 Å². The molecule has 27 heavy (non-hydrogen) atoms. The molecule has 2 aromatic carbocycles. The van der Waals surface area contributed by atoms with Gasteiger partial charge in [-0.3, -0.25) is 0 Å². The maximum Gasteiger partial charge on any atom is 0.287 e. The van der Waals surface area contributed by atoms with Gasteiger partial charge in [0.1, 0.15) is 5.69 Å². The summed E-state index contributed by atoms with van der Waals surface area (Å²) in [5.41, 5.74) is 7.17. The second kappa shape index (κ2) is 6.36. The Morgan fingerprint density at radius 3 is 2.67 bits per heavy atom. The van der Waals surface area contributed by atoms with E-state index in [0.717, 1.165) is 22.2 Å². The molecule has 0 bridgehead atoms. The predicted octanol–water partition coefficient (Wildman–Crippen LogP) is 5.55. The van der Waals surface area contributed by atoms with Gasteiger partial charge in [0.05, 0.1) is 12.4 Å². The molecular formula is C23H25F2N2+. The number of hydrogen-bond donors (Lipinski definition) is 0. The fourth-order valence-electron chi connectivity index (χ4n) is 4.30. The first kappa shape index (κ1) is 16.8. The van der Waals surface area contributed by atoms with E-state index >= 15 is 0 Å². The van der Waals surface area contributed by atoms with Gasteiger partial charge < -0.3 is 0 Å². The van der Waals surface area contributed by atoms with Crippen LogP contribution in [0.1, 0.15) is 48.8 Å². The minimum atomic E-state index is -2.57. The van der Waals surface area contributed by atoms with E-state index < -0.39 is 5.92 Å². The van der Waals surface area contributed by atoms with Crippen molar-refractivity contribution < 1.29 is 14.7 Å². The van der Waals surface area contributed by atoms with Crippen molar-refractivity contribution in [3.63, 3.8) is 0 Å². The van der Waals surface area contributed by atoms with Crippen molar-refractivity contribution in [2.75, 3.05) is 0 Å². The van der Waals surface area contributed by atoms with Crippen LogP contribution in [-0.4, -0.2) is 10.9 Å². The van der Waals surface area contributed by atoms with Crippen LogP contribution in [0.3, 0.4) is 0 Å². The Bertz CT molecular complexity index is 1090. The van der Waals surface area contributed by atoms with Gasteiger partial charge in [-0.1, -0.05) is 17.7 Å². The summed E-state index contributed by atoms with van der Waals surface area (Å²) in [6.45, 7) is 6.25. The molecule has 1 saturated carbocycles. The van der Waals surface area contributed by atoms with E-state index in [4.69, 9.17) is 1.37 Å². The van der Waals surface area contributed by atoms with Crippen molar-refractivity contribution in [3.05, 3.63) is 58.9 Å². The minimum Gasteiger partial charge on any atom is -0.232 e. The molecule has 1 unspecified atom stereocenters. The third kappa shape index (κ3) is 3.22. The van der Waals surface area contributed by atoms with Crippen LogP contribution >= 0.6 is 0 Å². The molecular weight excluding hydrogens is 342 g/mol. The molecule has 4 rings (SSSR count). The molecule has 2 nitrogen and oxygen atoms in total.